The number of nitrogens with one attached hydrogen (secondary N) is 1. The van der Waals surface area contributed by atoms with E-state index in [4.69, 9.17) is 0 Å². The Bertz CT molecular complexity index is 300. The fourth-order valence-electron chi connectivity index (χ4n) is 0.974. The summed E-state index contributed by atoms with van der Waals surface area (Å²) in [5, 5.41) is 4.83. The number of halogens is 1. The summed E-state index contributed by atoms with van der Waals surface area (Å²) in [4.78, 5) is 12.2. The summed E-state index contributed by atoms with van der Waals surface area (Å²) in [6.45, 7) is 0. The van der Waals surface area contributed by atoms with Crippen molar-refractivity contribution < 1.29 is 9.53 Å². The van der Waals surface area contributed by atoms with Crippen molar-refractivity contribution in [2.75, 3.05) is 14.2 Å². The van der Waals surface area contributed by atoms with Gasteiger partial charge in [0, 0.05) is 14.7 Å². The van der Waals surface area contributed by atoms with Crippen LogP contribution in [0, 0.1) is 0 Å². The molecule has 13 heavy (non-hydrogen) atoms. The molecule has 0 saturated carbocycles. The highest BCUT2D eigenvalue weighted by Crippen LogP contribution is 2.25. The highest BCUT2D eigenvalue weighted by molar-refractivity contribution is 9.10. The van der Waals surface area contributed by atoms with Crippen LogP contribution >= 0.6 is 27.3 Å². The third kappa shape index (κ3) is 2.52. The standard InChI is InChI=1S/C8H10BrNO2S/c1-10-7(8(11)12-2)6-3-5(9)4-13-6/h3-4,7,10H,1-2H3. The van der Waals surface area contributed by atoms with Crippen LogP contribution in [0.5, 0.6) is 0 Å². The molecule has 0 fully saturated rings. The van der Waals surface area contributed by atoms with E-state index in [1.165, 1.54) is 18.4 Å². The van der Waals surface area contributed by atoms with Gasteiger partial charge < -0.3 is 10.1 Å². The second-order valence-electron chi connectivity index (χ2n) is 2.41. The van der Waals surface area contributed by atoms with Gasteiger partial charge in [-0.15, -0.1) is 11.3 Å². The SMILES string of the molecule is CNC(C(=O)OC)c1cc(Br)cs1. The summed E-state index contributed by atoms with van der Waals surface area (Å²) in [5.41, 5.74) is 0. The van der Waals surface area contributed by atoms with Gasteiger partial charge in [0.1, 0.15) is 6.04 Å². The van der Waals surface area contributed by atoms with Gasteiger partial charge in [0.25, 0.3) is 0 Å². The van der Waals surface area contributed by atoms with Crippen molar-refractivity contribution in [2.45, 2.75) is 6.04 Å². The van der Waals surface area contributed by atoms with Crippen LogP contribution in [-0.4, -0.2) is 20.1 Å². The molecule has 72 valence electrons. The Morgan fingerprint density at radius 2 is 2.46 bits per heavy atom. The van der Waals surface area contributed by atoms with Crippen LogP contribution in [0.3, 0.4) is 0 Å². The summed E-state index contributed by atoms with van der Waals surface area (Å²) in [6, 6.07) is 1.55. The zero-order chi connectivity index (χ0) is 9.84. The van der Waals surface area contributed by atoms with Crippen molar-refractivity contribution in [3.05, 3.63) is 20.8 Å². The number of likely N-dealkylation sites (N-methyl/N-ethyl adjacent to an activating group) is 1. The minimum atomic E-state index is -0.360. The third-order valence-corrected chi connectivity index (χ3v) is 3.36. The molecule has 0 bridgehead atoms. The molecule has 5 heteroatoms. The Labute approximate surface area is 89.2 Å². The average molecular weight is 264 g/mol. The number of esters is 1. The lowest BCUT2D eigenvalue weighted by atomic mass is 10.2. The van der Waals surface area contributed by atoms with Crippen molar-refractivity contribution >= 4 is 33.2 Å². The molecule has 0 aromatic carbocycles. The Morgan fingerprint density at radius 1 is 1.77 bits per heavy atom. The lowest BCUT2D eigenvalue weighted by molar-refractivity contribution is -0.143. The molecule has 1 aromatic rings. The summed E-state index contributed by atoms with van der Waals surface area (Å²) < 4.78 is 5.64. The first-order chi connectivity index (χ1) is 6.19. The monoisotopic (exact) mass is 263 g/mol. The number of carbonyl (C=O) groups is 1. The smallest absolute Gasteiger partial charge is 0.328 e. The van der Waals surface area contributed by atoms with Gasteiger partial charge in [-0.1, -0.05) is 0 Å². The topological polar surface area (TPSA) is 38.3 Å². The molecule has 1 heterocycles. The fourth-order valence-corrected chi connectivity index (χ4v) is 2.51. The summed E-state index contributed by atoms with van der Waals surface area (Å²) in [6.07, 6.45) is 0. The van der Waals surface area contributed by atoms with Crippen molar-refractivity contribution in [2.24, 2.45) is 0 Å². The van der Waals surface area contributed by atoms with Crippen LogP contribution in [0.1, 0.15) is 10.9 Å². The Balaban J connectivity index is 2.84. The number of rotatable bonds is 3. The van der Waals surface area contributed by atoms with Crippen molar-refractivity contribution in [1.82, 2.24) is 5.32 Å². The minimum absolute atomic E-state index is 0.267. The van der Waals surface area contributed by atoms with E-state index in [1.807, 2.05) is 11.4 Å². The molecular formula is C8H10BrNO2S. The predicted octanol–water partition coefficient (Wildman–Crippen LogP) is 1.94. The van der Waals surface area contributed by atoms with E-state index in [9.17, 15) is 4.79 Å². The van der Waals surface area contributed by atoms with E-state index in [0.29, 0.717) is 0 Å². The van der Waals surface area contributed by atoms with Crippen LogP contribution in [0.15, 0.2) is 15.9 Å². The van der Waals surface area contributed by atoms with Gasteiger partial charge in [-0.3, -0.25) is 0 Å². The molecule has 1 atom stereocenters. The van der Waals surface area contributed by atoms with E-state index < -0.39 is 0 Å². The summed E-state index contributed by atoms with van der Waals surface area (Å²) >= 11 is 4.85. The second-order valence-corrected chi connectivity index (χ2v) is 4.27. The zero-order valence-electron chi connectivity index (χ0n) is 7.33. The second kappa shape index (κ2) is 4.74. The van der Waals surface area contributed by atoms with E-state index in [0.717, 1.165) is 9.35 Å². The molecule has 1 unspecified atom stereocenters. The van der Waals surface area contributed by atoms with Gasteiger partial charge in [-0.25, -0.2) is 4.79 Å². The molecular weight excluding hydrogens is 254 g/mol. The van der Waals surface area contributed by atoms with Crippen LogP contribution in [-0.2, 0) is 9.53 Å². The molecule has 1 N–H and O–H groups in total. The Morgan fingerprint density at radius 3 is 2.85 bits per heavy atom. The highest BCUT2D eigenvalue weighted by atomic mass is 79.9. The molecule has 0 radical (unpaired) electrons. The number of methoxy groups -OCH3 is 1. The van der Waals surface area contributed by atoms with Crippen LogP contribution < -0.4 is 5.32 Å². The van der Waals surface area contributed by atoms with Gasteiger partial charge >= 0.3 is 5.97 Å². The first-order valence-corrected chi connectivity index (χ1v) is 5.35. The van der Waals surface area contributed by atoms with Gasteiger partial charge in [-0.05, 0) is 29.0 Å². The van der Waals surface area contributed by atoms with Gasteiger partial charge in [0.15, 0.2) is 0 Å². The van der Waals surface area contributed by atoms with E-state index in [-0.39, 0.29) is 12.0 Å². The minimum Gasteiger partial charge on any atom is -0.468 e. The number of carbonyl (C=O) groups excluding carboxylic acids is 1. The number of hydrogen-bond donors (Lipinski definition) is 1. The molecule has 3 nitrogen and oxygen atoms in total. The molecule has 0 aliphatic carbocycles. The van der Waals surface area contributed by atoms with E-state index in [2.05, 4.69) is 26.0 Å². The largest absolute Gasteiger partial charge is 0.468 e. The molecule has 0 aliphatic rings. The highest BCUT2D eigenvalue weighted by Gasteiger charge is 2.20. The van der Waals surface area contributed by atoms with E-state index >= 15 is 0 Å². The van der Waals surface area contributed by atoms with Crippen molar-refractivity contribution in [3.63, 3.8) is 0 Å². The van der Waals surface area contributed by atoms with E-state index in [1.54, 1.807) is 7.05 Å². The molecule has 0 spiro atoms. The number of hydrogen-bond acceptors (Lipinski definition) is 4. The maximum absolute atomic E-state index is 11.3. The maximum atomic E-state index is 11.3. The zero-order valence-corrected chi connectivity index (χ0v) is 9.74. The Hall–Kier alpha value is -0.390. The maximum Gasteiger partial charge on any atom is 0.328 e. The number of ether oxygens (including phenoxy) is 1. The van der Waals surface area contributed by atoms with Crippen LogP contribution in [0.25, 0.3) is 0 Å². The first-order valence-electron chi connectivity index (χ1n) is 3.68. The third-order valence-electron chi connectivity index (χ3n) is 1.60. The molecule has 1 aromatic heterocycles. The average Bonchev–Trinajstić information content (AvgIpc) is 2.53. The predicted molar refractivity (Wildman–Crippen MR) is 55.8 cm³/mol. The number of thiophene rings is 1. The van der Waals surface area contributed by atoms with Crippen molar-refractivity contribution in [1.29, 1.82) is 0 Å². The quantitative estimate of drug-likeness (QED) is 0.848. The van der Waals surface area contributed by atoms with Gasteiger partial charge in [0.2, 0.25) is 0 Å². The lowest BCUT2D eigenvalue weighted by Crippen LogP contribution is -2.25. The van der Waals surface area contributed by atoms with Crippen LogP contribution in [0.2, 0.25) is 0 Å². The lowest BCUT2D eigenvalue weighted by Gasteiger charge is -2.10. The molecule has 0 aliphatic heterocycles. The van der Waals surface area contributed by atoms with Crippen molar-refractivity contribution in [3.8, 4) is 0 Å². The summed E-state index contributed by atoms with van der Waals surface area (Å²) in [7, 11) is 3.12. The fraction of sp³-hybridized carbons (Fsp3) is 0.375. The van der Waals surface area contributed by atoms with Gasteiger partial charge in [0.05, 0.1) is 7.11 Å². The first kappa shape index (κ1) is 10.7. The molecule has 0 amide bonds. The van der Waals surface area contributed by atoms with Gasteiger partial charge in [-0.2, -0.15) is 0 Å². The Kier molecular flexibility index (Phi) is 3.90. The van der Waals surface area contributed by atoms with Crippen LogP contribution in [0.4, 0.5) is 0 Å². The normalized spacial score (nSPS) is 12.5. The summed E-state index contributed by atoms with van der Waals surface area (Å²) in [5.74, 6) is -0.267. The molecule has 0 saturated heterocycles. The molecule has 1 rings (SSSR count).